The van der Waals surface area contributed by atoms with Crippen LogP contribution in [0, 0.1) is 17.3 Å². The van der Waals surface area contributed by atoms with Crippen LogP contribution in [0.1, 0.15) is 63.0 Å². The number of carbonyl (C=O) groups is 1. The van der Waals surface area contributed by atoms with Gasteiger partial charge in [-0.25, -0.2) is 4.79 Å². The highest BCUT2D eigenvalue weighted by atomic mass is 16.9. The quantitative estimate of drug-likeness (QED) is 0.556. The first-order valence-electron chi connectivity index (χ1n) is 11.3. The molecular formula is C25H32O6. The van der Waals surface area contributed by atoms with Crippen molar-refractivity contribution in [2.75, 3.05) is 14.2 Å². The molecule has 5 rings (SSSR count). The molecule has 3 aliphatic carbocycles. The fourth-order valence-corrected chi connectivity index (χ4v) is 7.20. The number of fused-ring (bicyclic) bond motifs is 6. The average Bonchev–Trinajstić information content (AvgIpc) is 3.22. The molecule has 1 heterocycles. The number of phenols is 1. The molecule has 1 unspecified atom stereocenters. The number of ether oxygens (including phenoxy) is 4. The molecule has 1 spiro atoms. The van der Waals surface area contributed by atoms with Crippen LogP contribution in [0.25, 0.3) is 0 Å². The first kappa shape index (κ1) is 20.8. The smallest absolute Gasteiger partial charge is 0.333 e. The molecule has 0 radical (unpaired) electrons. The van der Waals surface area contributed by atoms with Crippen molar-refractivity contribution in [3.63, 3.8) is 0 Å². The van der Waals surface area contributed by atoms with E-state index < -0.39 is 17.5 Å². The lowest BCUT2D eigenvalue weighted by atomic mass is 9.53. The Morgan fingerprint density at radius 3 is 2.74 bits per heavy atom. The molecule has 1 aromatic rings. The van der Waals surface area contributed by atoms with Gasteiger partial charge in [0.2, 0.25) is 0 Å². The zero-order chi connectivity index (χ0) is 22.0. The maximum Gasteiger partial charge on any atom is 0.333 e. The van der Waals surface area contributed by atoms with Crippen LogP contribution in [0.2, 0.25) is 0 Å². The summed E-state index contributed by atoms with van der Waals surface area (Å²) < 4.78 is 23.2. The summed E-state index contributed by atoms with van der Waals surface area (Å²) in [6.45, 7) is 4.07. The number of esters is 1. The van der Waals surface area contributed by atoms with Gasteiger partial charge in [-0.3, -0.25) is 0 Å². The van der Waals surface area contributed by atoms with E-state index in [-0.39, 0.29) is 5.41 Å². The van der Waals surface area contributed by atoms with Crippen molar-refractivity contribution < 1.29 is 28.8 Å². The van der Waals surface area contributed by atoms with Crippen LogP contribution in [0.3, 0.4) is 0 Å². The number of aromatic hydroxyl groups is 1. The maximum absolute atomic E-state index is 12.2. The van der Waals surface area contributed by atoms with Crippen molar-refractivity contribution in [3.05, 3.63) is 41.2 Å². The van der Waals surface area contributed by atoms with Crippen LogP contribution in [-0.4, -0.2) is 36.9 Å². The summed E-state index contributed by atoms with van der Waals surface area (Å²) in [5.74, 6) is 0.737. The number of aryl methyl sites for hydroxylation is 1. The summed E-state index contributed by atoms with van der Waals surface area (Å²) in [5.41, 5.74) is 1.82. The minimum absolute atomic E-state index is 0.168. The molecular weight excluding hydrogens is 396 g/mol. The van der Waals surface area contributed by atoms with E-state index in [4.69, 9.17) is 18.9 Å². The van der Waals surface area contributed by atoms with Gasteiger partial charge in [0.15, 0.2) is 0 Å². The minimum Gasteiger partial charge on any atom is -0.508 e. The predicted molar refractivity (Wildman–Crippen MR) is 113 cm³/mol. The summed E-state index contributed by atoms with van der Waals surface area (Å²) in [6, 6.07) is 5.87. The van der Waals surface area contributed by atoms with Gasteiger partial charge in [-0.1, -0.05) is 13.0 Å². The van der Waals surface area contributed by atoms with Crippen molar-refractivity contribution in [3.8, 4) is 5.75 Å². The van der Waals surface area contributed by atoms with Gasteiger partial charge in [0.05, 0.1) is 13.2 Å². The second-order valence-electron chi connectivity index (χ2n) is 9.92. The first-order chi connectivity index (χ1) is 14.7. The van der Waals surface area contributed by atoms with Gasteiger partial charge in [0, 0.05) is 19.4 Å². The molecule has 4 aliphatic rings. The van der Waals surface area contributed by atoms with Gasteiger partial charge in [0.25, 0.3) is 0 Å². The molecule has 6 atom stereocenters. The molecule has 168 valence electrons. The van der Waals surface area contributed by atoms with Crippen molar-refractivity contribution in [2.24, 2.45) is 17.3 Å². The third-order valence-electron chi connectivity index (χ3n) is 8.70. The fourth-order valence-electron chi connectivity index (χ4n) is 7.20. The summed E-state index contributed by atoms with van der Waals surface area (Å²) in [6.07, 6.45) is 7.38. The molecule has 2 saturated carbocycles. The molecule has 1 saturated heterocycles. The Labute approximate surface area is 183 Å². The summed E-state index contributed by atoms with van der Waals surface area (Å²) in [5, 5.41) is 9.92. The molecule has 31 heavy (non-hydrogen) atoms. The van der Waals surface area contributed by atoms with E-state index in [0.717, 1.165) is 38.5 Å². The van der Waals surface area contributed by atoms with Crippen LogP contribution < -0.4 is 0 Å². The maximum atomic E-state index is 12.2. The summed E-state index contributed by atoms with van der Waals surface area (Å²) in [4.78, 5) is 12.2. The number of rotatable bonds is 2. The fraction of sp³-hybridized carbons (Fsp3) is 0.640. The van der Waals surface area contributed by atoms with E-state index in [2.05, 4.69) is 13.0 Å². The van der Waals surface area contributed by atoms with E-state index in [1.54, 1.807) is 14.0 Å². The molecule has 1 N–H and O–H groups in total. The van der Waals surface area contributed by atoms with E-state index in [1.807, 2.05) is 12.1 Å². The Balaban J connectivity index is 1.53. The van der Waals surface area contributed by atoms with Crippen molar-refractivity contribution in [1.82, 2.24) is 0 Å². The molecule has 0 amide bonds. The Morgan fingerprint density at radius 1 is 1.19 bits per heavy atom. The number of hydrogen-bond donors (Lipinski definition) is 1. The minimum atomic E-state index is -1.22. The number of methoxy groups -OCH3 is 2. The predicted octanol–water partition coefficient (Wildman–Crippen LogP) is 4.41. The molecule has 0 bridgehead atoms. The highest BCUT2D eigenvalue weighted by molar-refractivity contribution is 5.82. The van der Waals surface area contributed by atoms with Crippen LogP contribution in [0.5, 0.6) is 5.75 Å². The normalized spacial score (nSPS) is 42.1. The summed E-state index contributed by atoms with van der Waals surface area (Å²) >= 11 is 0. The van der Waals surface area contributed by atoms with Gasteiger partial charge in [-0.2, -0.15) is 0 Å². The Bertz CT molecular complexity index is 940. The summed E-state index contributed by atoms with van der Waals surface area (Å²) in [7, 11) is 2.94. The molecule has 6 heteroatoms. The number of carbonyl (C=O) groups excluding carboxylic acids is 1. The number of hydrogen-bond acceptors (Lipinski definition) is 6. The Kier molecular flexibility index (Phi) is 4.69. The third-order valence-corrected chi connectivity index (χ3v) is 8.70. The van der Waals surface area contributed by atoms with Crippen molar-refractivity contribution in [1.29, 1.82) is 0 Å². The van der Waals surface area contributed by atoms with Crippen LogP contribution >= 0.6 is 0 Å². The Morgan fingerprint density at radius 2 is 2.00 bits per heavy atom. The van der Waals surface area contributed by atoms with E-state index >= 15 is 0 Å². The highest BCUT2D eigenvalue weighted by Gasteiger charge is 2.70. The monoisotopic (exact) mass is 428 g/mol. The number of phenolic OH excluding ortho intramolecular Hbond substituents is 1. The van der Waals surface area contributed by atoms with E-state index in [0.29, 0.717) is 29.3 Å². The van der Waals surface area contributed by atoms with Crippen molar-refractivity contribution in [2.45, 2.75) is 69.9 Å². The third kappa shape index (κ3) is 2.87. The number of benzene rings is 1. The Hall–Kier alpha value is -2.05. The van der Waals surface area contributed by atoms with E-state index in [9.17, 15) is 9.90 Å². The van der Waals surface area contributed by atoms with Crippen LogP contribution in [-0.2, 0) is 30.2 Å². The van der Waals surface area contributed by atoms with Crippen molar-refractivity contribution >= 4 is 5.97 Å². The SMILES string of the molecule is COC(=O)/C=C1/OC(C)(OC)O[C@]12CC[C@H]1[C@@H]3CCc4cc(O)ccc4[C@H]3CC[C@@]12C. The lowest BCUT2D eigenvalue weighted by Gasteiger charge is -2.53. The first-order valence-corrected chi connectivity index (χ1v) is 11.3. The second kappa shape index (κ2) is 6.97. The highest BCUT2D eigenvalue weighted by Crippen LogP contribution is 2.69. The lowest BCUT2D eigenvalue weighted by Crippen LogP contribution is -2.52. The molecule has 1 aliphatic heterocycles. The van der Waals surface area contributed by atoms with E-state index in [1.165, 1.54) is 24.3 Å². The van der Waals surface area contributed by atoms with Crippen LogP contribution in [0.4, 0.5) is 0 Å². The zero-order valence-electron chi connectivity index (χ0n) is 18.8. The standard InChI is InChI=1S/C25H32O6/c1-23-11-9-18-17-8-6-16(26)13-15(17)5-7-19(18)20(23)10-12-25(23)21(14-22(27)28-3)30-24(2,29-4)31-25/h6,8,13-14,18-20,26H,5,7,9-12H2,1-4H3/b21-14+/t18-,19-,20+,23+,24?,25-/m1/s1. The van der Waals surface area contributed by atoms with Gasteiger partial charge in [0.1, 0.15) is 17.1 Å². The topological polar surface area (TPSA) is 74.2 Å². The largest absolute Gasteiger partial charge is 0.508 e. The molecule has 3 fully saturated rings. The van der Waals surface area contributed by atoms with Crippen LogP contribution in [0.15, 0.2) is 30.0 Å². The average molecular weight is 429 g/mol. The second-order valence-corrected chi connectivity index (χ2v) is 9.92. The van der Waals surface area contributed by atoms with Gasteiger partial charge < -0.3 is 24.1 Å². The lowest BCUT2D eigenvalue weighted by molar-refractivity contribution is -0.331. The van der Waals surface area contributed by atoms with Gasteiger partial charge in [-0.05, 0) is 79.5 Å². The molecule has 0 aromatic heterocycles. The zero-order valence-corrected chi connectivity index (χ0v) is 18.8. The molecule has 1 aromatic carbocycles. The molecule has 6 nitrogen and oxygen atoms in total. The van der Waals surface area contributed by atoms with Gasteiger partial charge >= 0.3 is 11.9 Å². The van der Waals surface area contributed by atoms with Gasteiger partial charge in [-0.15, -0.1) is 0 Å².